The molecule has 0 bridgehead atoms. The summed E-state index contributed by atoms with van der Waals surface area (Å²) in [6.45, 7) is 1.74. The normalized spacial score (nSPS) is 15.7. The van der Waals surface area contributed by atoms with Crippen LogP contribution >= 0.6 is 22.9 Å². The van der Waals surface area contributed by atoms with Crippen LogP contribution in [0.2, 0.25) is 4.34 Å². The van der Waals surface area contributed by atoms with Crippen LogP contribution in [0, 0.1) is 6.92 Å². The van der Waals surface area contributed by atoms with Crippen molar-refractivity contribution in [3.8, 4) is 0 Å². The molecule has 0 atom stereocenters. The van der Waals surface area contributed by atoms with Crippen molar-refractivity contribution < 1.29 is 12.8 Å². The molecule has 3 rings (SSSR count). The number of hydrogen-bond donors (Lipinski definition) is 1. The maximum atomic E-state index is 12.1. The first-order valence-corrected chi connectivity index (χ1v) is 8.71. The topological polar surface area (TPSA) is 85.1 Å². The molecule has 1 saturated carbocycles. The monoisotopic (exact) mass is 333 g/mol. The Hall–Kier alpha value is -0.960. The third-order valence-corrected chi connectivity index (χ3v) is 6.35. The lowest BCUT2D eigenvalue weighted by atomic mass is 10.4. The molecule has 1 fully saturated rings. The van der Waals surface area contributed by atoms with Crippen LogP contribution in [0.25, 0.3) is 0 Å². The average Bonchev–Trinajstić information content (AvgIpc) is 3.04. The van der Waals surface area contributed by atoms with E-state index in [1.807, 2.05) is 0 Å². The van der Waals surface area contributed by atoms with E-state index in [9.17, 15) is 8.42 Å². The Morgan fingerprint density at radius 3 is 2.85 bits per heavy atom. The zero-order valence-corrected chi connectivity index (χ0v) is 13.0. The summed E-state index contributed by atoms with van der Waals surface area (Å²) in [4.78, 5) is 0. The molecule has 0 aromatic carbocycles. The van der Waals surface area contributed by atoms with E-state index in [0.717, 1.165) is 29.7 Å². The summed E-state index contributed by atoms with van der Waals surface area (Å²) >= 11 is 6.91. The van der Waals surface area contributed by atoms with Crippen molar-refractivity contribution in [1.29, 1.82) is 0 Å². The number of halogens is 1. The van der Waals surface area contributed by atoms with Gasteiger partial charge in [0.15, 0.2) is 0 Å². The minimum atomic E-state index is -3.60. The SMILES string of the molecule is Cc1cc(S(=O)(=O)NCc2nnc(C3CC3)o2)sc1Cl. The standard InChI is InChI=1S/C11H12ClN3O3S2/c1-6-4-9(19-10(6)12)20(16,17)13-5-8-14-15-11(18-8)7-2-3-7/h4,7,13H,2-3,5H2,1H3. The van der Waals surface area contributed by atoms with E-state index >= 15 is 0 Å². The van der Waals surface area contributed by atoms with Crippen LogP contribution in [-0.4, -0.2) is 18.6 Å². The zero-order chi connectivity index (χ0) is 14.3. The summed E-state index contributed by atoms with van der Waals surface area (Å²) in [6.07, 6.45) is 2.11. The molecule has 0 radical (unpaired) electrons. The first-order chi connectivity index (χ1) is 9.45. The Balaban J connectivity index is 1.69. The number of aromatic nitrogens is 2. The van der Waals surface area contributed by atoms with Gasteiger partial charge in [-0.05, 0) is 31.4 Å². The largest absolute Gasteiger partial charge is 0.424 e. The van der Waals surface area contributed by atoms with Crippen molar-refractivity contribution in [1.82, 2.24) is 14.9 Å². The summed E-state index contributed by atoms with van der Waals surface area (Å²) in [5.41, 5.74) is 0.742. The number of thiophene rings is 1. The van der Waals surface area contributed by atoms with Gasteiger partial charge in [0.2, 0.25) is 11.8 Å². The fourth-order valence-corrected chi connectivity index (χ4v) is 4.35. The predicted octanol–water partition coefficient (Wildman–Crippen LogP) is 2.45. The van der Waals surface area contributed by atoms with E-state index in [2.05, 4.69) is 14.9 Å². The van der Waals surface area contributed by atoms with E-state index in [1.54, 1.807) is 13.0 Å². The lowest BCUT2D eigenvalue weighted by molar-refractivity contribution is 0.445. The van der Waals surface area contributed by atoms with Gasteiger partial charge >= 0.3 is 0 Å². The average molecular weight is 334 g/mol. The quantitative estimate of drug-likeness (QED) is 0.908. The van der Waals surface area contributed by atoms with E-state index in [4.69, 9.17) is 16.0 Å². The first kappa shape index (κ1) is 14.0. The number of nitrogens with one attached hydrogen (secondary N) is 1. The van der Waals surface area contributed by atoms with Gasteiger partial charge in [-0.1, -0.05) is 11.6 Å². The molecule has 2 aromatic rings. The molecular weight excluding hydrogens is 322 g/mol. The zero-order valence-electron chi connectivity index (χ0n) is 10.6. The Labute approximate surface area is 125 Å². The molecule has 108 valence electrons. The van der Waals surface area contributed by atoms with Crippen molar-refractivity contribution in [3.63, 3.8) is 0 Å². The summed E-state index contributed by atoms with van der Waals surface area (Å²) in [7, 11) is -3.60. The van der Waals surface area contributed by atoms with Crippen LogP contribution in [0.5, 0.6) is 0 Å². The van der Waals surface area contributed by atoms with Crippen molar-refractivity contribution in [3.05, 3.63) is 27.7 Å². The highest BCUT2D eigenvalue weighted by molar-refractivity contribution is 7.91. The Morgan fingerprint density at radius 1 is 1.50 bits per heavy atom. The molecule has 6 nitrogen and oxygen atoms in total. The number of rotatable bonds is 5. The summed E-state index contributed by atoms with van der Waals surface area (Å²) in [5, 5.41) is 7.73. The van der Waals surface area contributed by atoms with Gasteiger partial charge in [-0.2, -0.15) is 0 Å². The smallest absolute Gasteiger partial charge is 0.250 e. The molecule has 20 heavy (non-hydrogen) atoms. The van der Waals surface area contributed by atoms with Crippen molar-refractivity contribution >= 4 is 33.0 Å². The molecule has 0 amide bonds. The van der Waals surface area contributed by atoms with E-state index in [0.29, 0.717) is 16.1 Å². The van der Waals surface area contributed by atoms with E-state index in [-0.39, 0.29) is 16.6 Å². The van der Waals surface area contributed by atoms with Crippen LogP contribution in [0.3, 0.4) is 0 Å². The summed E-state index contributed by atoms with van der Waals surface area (Å²) in [5.74, 6) is 1.22. The Kier molecular flexibility index (Phi) is 3.57. The van der Waals surface area contributed by atoms with Crippen molar-refractivity contribution in [2.45, 2.75) is 36.4 Å². The van der Waals surface area contributed by atoms with Gasteiger partial charge in [-0.3, -0.25) is 0 Å². The fourth-order valence-electron chi connectivity index (χ4n) is 1.63. The Morgan fingerprint density at radius 2 is 2.25 bits per heavy atom. The Bertz CT molecular complexity index is 714. The van der Waals surface area contributed by atoms with Crippen LogP contribution in [-0.2, 0) is 16.6 Å². The predicted molar refractivity (Wildman–Crippen MR) is 74.4 cm³/mol. The maximum Gasteiger partial charge on any atom is 0.250 e. The number of nitrogens with zero attached hydrogens (tertiary/aromatic N) is 2. The second-order valence-electron chi connectivity index (χ2n) is 4.66. The number of hydrogen-bond acceptors (Lipinski definition) is 6. The van der Waals surface area contributed by atoms with Gasteiger partial charge in [-0.25, -0.2) is 13.1 Å². The summed E-state index contributed by atoms with van der Waals surface area (Å²) in [6, 6.07) is 1.54. The fraction of sp³-hybridized carbons (Fsp3) is 0.455. The number of aryl methyl sites for hydroxylation is 1. The second-order valence-corrected chi connectivity index (χ2v) is 8.30. The highest BCUT2D eigenvalue weighted by atomic mass is 35.5. The van der Waals surface area contributed by atoms with Crippen LogP contribution in [0.4, 0.5) is 0 Å². The molecule has 1 N–H and O–H groups in total. The van der Waals surface area contributed by atoms with Gasteiger partial charge in [0.25, 0.3) is 10.0 Å². The number of sulfonamides is 1. The lowest BCUT2D eigenvalue weighted by Gasteiger charge is -2.00. The molecule has 1 aliphatic carbocycles. The van der Waals surface area contributed by atoms with Gasteiger partial charge in [-0.15, -0.1) is 21.5 Å². The maximum absolute atomic E-state index is 12.1. The minimum Gasteiger partial charge on any atom is -0.424 e. The van der Waals surface area contributed by atoms with Gasteiger partial charge in [0.1, 0.15) is 4.21 Å². The van der Waals surface area contributed by atoms with Crippen LogP contribution in [0.1, 0.15) is 36.1 Å². The van der Waals surface area contributed by atoms with Crippen LogP contribution in [0.15, 0.2) is 14.7 Å². The molecule has 2 heterocycles. The molecule has 9 heteroatoms. The van der Waals surface area contributed by atoms with Gasteiger partial charge < -0.3 is 4.42 Å². The molecule has 2 aromatic heterocycles. The first-order valence-electron chi connectivity index (χ1n) is 6.03. The van der Waals surface area contributed by atoms with E-state index in [1.165, 1.54) is 0 Å². The molecule has 0 unspecified atom stereocenters. The molecule has 0 aliphatic heterocycles. The second kappa shape index (κ2) is 5.10. The highest BCUT2D eigenvalue weighted by Gasteiger charge is 2.29. The van der Waals surface area contributed by atoms with Crippen LogP contribution < -0.4 is 4.72 Å². The summed E-state index contributed by atoms with van der Waals surface area (Å²) < 4.78 is 32.6. The third kappa shape index (κ3) is 2.88. The molecular formula is C11H12ClN3O3S2. The van der Waals surface area contributed by atoms with Gasteiger partial charge in [0.05, 0.1) is 10.9 Å². The molecule has 0 spiro atoms. The molecule has 1 aliphatic rings. The lowest BCUT2D eigenvalue weighted by Crippen LogP contribution is -2.22. The van der Waals surface area contributed by atoms with Gasteiger partial charge in [0, 0.05) is 5.92 Å². The van der Waals surface area contributed by atoms with Crippen molar-refractivity contribution in [2.75, 3.05) is 0 Å². The van der Waals surface area contributed by atoms with Crippen molar-refractivity contribution in [2.24, 2.45) is 0 Å². The van der Waals surface area contributed by atoms with E-state index < -0.39 is 10.0 Å². The third-order valence-electron chi connectivity index (χ3n) is 2.92. The molecule has 0 saturated heterocycles. The highest BCUT2D eigenvalue weighted by Crippen LogP contribution is 2.39. The minimum absolute atomic E-state index is 0.0172.